The smallest absolute Gasteiger partial charge is 0.326 e. The summed E-state index contributed by atoms with van der Waals surface area (Å²) in [4.78, 5) is 14.1. The summed E-state index contributed by atoms with van der Waals surface area (Å²) >= 11 is 0. The first-order chi connectivity index (χ1) is 7.20. The van der Waals surface area contributed by atoms with Gasteiger partial charge >= 0.3 is 5.97 Å². The summed E-state index contributed by atoms with van der Waals surface area (Å²) in [5.41, 5.74) is -0.335. The molecule has 4 nitrogen and oxygen atoms in total. The Morgan fingerprint density at radius 1 is 1.53 bits per heavy atom. The minimum atomic E-state index is -0.335. The van der Waals surface area contributed by atoms with E-state index in [9.17, 15) is 4.79 Å². The fourth-order valence-corrected chi connectivity index (χ4v) is 2.67. The number of hydrogen-bond acceptors (Lipinski definition) is 4. The summed E-state index contributed by atoms with van der Waals surface area (Å²) in [6.45, 7) is 4.40. The van der Waals surface area contributed by atoms with Crippen molar-refractivity contribution in [2.24, 2.45) is 0 Å². The van der Waals surface area contributed by atoms with Gasteiger partial charge in [0.05, 0.1) is 20.3 Å². The molecule has 2 fully saturated rings. The monoisotopic (exact) mass is 213 g/mol. The predicted octanol–water partition coefficient (Wildman–Crippen LogP) is 0.803. The number of carbonyl (C=O) groups is 1. The molecule has 0 aromatic rings. The van der Waals surface area contributed by atoms with E-state index in [2.05, 4.69) is 11.8 Å². The number of methoxy groups -OCH3 is 1. The normalized spacial score (nSPS) is 30.7. The van der Waals surface area contributed by atoms with E-state index >= 15 is 0 Å². The summed E-state index contributed by atoms with van der Waals surface area (Å²) in [7, 11) is 1.48. The van der Waals surface area contributed by atoms with Crippen molar-refractivity contribution in [2.75, 3.05) is 26.9 Å². The second-order valence-electron chi connectivity index (χ2n) is 4.49. The van der Waals surface area contributed by atoms with Crippen molar-refractivity contribution in [3.05, 3.63) is 0 Å². The Labute approximate surface area is 90.5 Å². The highest BCUT2D eigenvalue weighted by Crippen LogP contribution is 2.40. The molecule has 1 saturated carbocycles. The predicted molar refractivity (Wildman–Crippen MR) is 55.6 cm³/mol. The fourth-order valence-electron chi connectivity index (χ4n) is 2.67. The minimum Gasteiger partial charge on any atom is -0.468 e. The van der Waals surface area contributed by atoms with Gasteiger partial charge in [0, 0.05) is 12.6 Å². The van der Waals surface area contributed by atoms with Crippen LogP contribution < -0.4 is 0 Å². The lowest BCUT2D eigenvalue weighted by Gasteiger charge is -2.51. The molecule has 1 saturated heterocycles. The van der Waals surface area contributed by atoms with Crippen molar-refractivity contribution in [1.29, 1.82) is 0 Å². The largest absolute Gasteiger partial charge is 0.468 e. The quantitative estimate of drug-likeness (QED) is 0.636. The lowest BCUT2D eigenvalue weighted by atomic mass is 9.74. The molecule has 86 valence electrons. The molecule has 1 unspecified atom stereocenters. The highest BCUT2D eigenvalue weighted by atomic mass is 16.5. The zero-order chi connectivity index (χ0) is 10.9. The minimum absolute atomic E-state index is 0.0671. The molecule has 2 rings (SSSR count). The Morgan fingerprint density at radius 3 is 2.73 bits per heavy atom. The summed E-state index contributed by atoms with van der Waals surface area (Å²) in [6, 6.07) is 0.318. The Bertz CT molecular complexity index is 250. The SMILES string of the molecule is COC(=O)C1(N2CCOCC2C)CCC1. The molecular formula is C11H19NO3. The van der Waals surface area contributed by atoms with Crippen molar-refractivity contribution >= 4 is 5.97 Å². The van der Waals surface area contributed by atoms with Gasteiger partial charge in [-0.05, 0) is 26.2 Å². The molecule has 2 aliphatic rings. The van der Waals surface area contributed by atoms with Gasteiger partial charge in [-0.25, -0.2) is 0 Å². The average molecular weight is 213 g/mol. The Morgan fingerprint density at radius 2 is 2.27 bits per heavy atom. The van der Waals surface area contributed by atoms with E-state index < -0.39 is 0 Å². The Hall–Kier alpha value is -0.610. The highest BCUT2D eigenvalue weighted by Gasteiger charge is 2.51. The maximum Gasteiger partial charge on any atom is 0.326 e. The van der Waals surface area contributed by atoms with E-state index in [1.54, 1.807) is 0 Å². The van der Waals surface area contributed by atoms with Gasteiger partial charge < -0.3 is 9.47 Å². The van der Waals surface area contributed by atoms with Crippen LogP contribution in [0.25, 0.3) is 0 Å². The number of hydrogen-bond donors (Lipinski definition) is 0. The average Bonchev–Trinajstić information content (AvgIpc) is 2.19. The molecule has 0 N–H and O–H groups in total. The standard InChI is InChI=1S/C11H19NO3/c1-9-8-15-7-6-12(9)11(4-3-5-11)10(13)14-2/h9H,3-8H2,1-2H3. The molecule has 1 heterocycles. The third-order valence-corrected chi connectivity index (χ3v) is 3.66. The van der Waals surface area contributed by atoms with E-state index in [1.165, 1.54) is 7.11 Å². The van der Waals surface area contributed by atoms with Gasteiger partial charge in [0.15, 0.2) is 0 Å². The first-order valence-corrected chi connectivity index (χ1v) is 5.63. The first-order valence-electron chi connectivity index (χ1n) is 5.63. The molecule has 0 aromatic heterocycles. The van der Waals surface area contributed by atoms with Gasteiger partial charge in [-0.2, -0.15) is 0 Å². The maximum atomic E-state index is 11.9. The number of nitrogens with zero attached hydrogens (tertiary/aromatic N) is 1. The molecule has 4 heteroatoms. The van der Waals surface area contributed by atoms with Crippen LogP contribution >= 0.6 is 0 Å². The van der Waals surface area contributed by atoms with Crippen molar-refractivity contribution in [3.8, 4) is 0 Å². The van der Waals surface area contributed by atoms with E-state index in [-0.39, 0.29) is 11.5 Å². The Kier molecular flexibility index (Phi) is 2.98. The van der Waals surface area contributed by atoms with Crippen LogP contribution in [-0.2, 0) is 14.3 Å². The van der Waals surface area contributed by atoms with Crippen LogP contribution in [0, 0.1) is 0 Å². The third kappa shape index (κ3) is 1.66. The molecule has 1 atom stereocenters. The van der Waals surface area contributed by atoms with Crippen LogP contribution in [0.5, 0.6) is 0 Å². The van der Waals surface area contributed by atoms with Gasteiger partial charge in [-0.1, -0.05) is 0 Å². The van der Waals surface area contributed by atoms with Gasteiger partial charge in [0.2, 0.25) is 0 Å². The summed E-state index contributed by atoms with van der Waals surface area (Å²) in [5, 5.41) is 0. The fraction of sp³-hybridized carbons (Fsp3) is 0.909. The van der Waals surface area contributed by atoms with Crippen molar-refractivity contribution < 1.29 is 14.3 Å². The van der Waals surface area contributed by atoms with Crippen molar-refractivity contribution in [1.82, 2.24) is 4.90 Å². The second kappa shape index (κ2) is 4.10. The number of rotatable bonds is 2. The van der Waals surface area contributed by atoms with Crippen molar-refractivity contribution in [3.63, 3.8) is 0 Å². The van der Waals surface area contributed by atoms with Gasteiger partial charge in [0.25, 0.3) is 0 Å². The van der Waals surface area contributed by atoms with Gasteiger partial charge in [-0.3, -0.25) is 9.69 Å². The second-order valence-corrected chi connectivity index (χ2v) is 4.49. The molecule has 0 spiro atoms. The molecule has 0 radical (unpaired) electrons. The third-order valence-electron chi connectivity index (χ3n) is 3.66. The van der Waals surface area contributed by atoms with Crippen molar-refractivity contribution in [2.45, 2.75) is 37.8 Å². The topological polar surface area (TPSA) is 38.8 Å². The highest BCUT2D eigenvalue weighted by molar-refractivity contribution is 5.82. The molecule has 1 aliphatic heterocycles. The van der Waals surface area contributed by atoms with Crippen LogP contribution in [0.3, 0.4) is 0 Å². The lowest BCUT2D eigenvalue weighted by molar-refractivity contribution is -0.171. The Balaban J connectivity index is 2.14. The van der Waals surface area contributed by atoms with E-state index in [0.29, 0.717) is 6.04 Å². The molecule has 0 bridgehead atoms. The molecule has 15 heavy (non-hydrogen) atoms. The zero-order valence-corrected chi connectivity index (χ0v) is 9.49. The van der Waals surface area contributed by atoms with Crippen LogP contribution in [0.1, 0.15) is 26.2 Å². The first kappa shape index (κ1) is 10.9. The lowest BCUT2D eigenvalue weighted by Crippen LogP contribution is -2.65. The molecule has 0 aromatic carbocycles. The van der Waals surface area contributed by atoms with Crippen LogP contribution in [0.2, 0.25) is 0 Å². The number of ether oxygens (including phenoxy) is 2. The van der Waals surface area contributed by atoms with E-state index in [0.717, 1.165) is 39.0 Å². The van der Waals surface area contributed by atoms with E-state index in [1.807, 2.05) is 0 Å². The summed E-state index contributed by atoms with van der Waals surface area (Å²) < 4.78 is 10.3. The van der Waals surface area contributed by atoms with E-state index in [4.69, 9.17) is 9.47 Å². The summed E-state index contributed by atoms with van der Waals surface area (Å²) in [5.74, 6) is -0.0671. The number of morpholine rings is 1. The van der Waals surface area contributed by atoms with Gasteiger partial charge in [-0.15, -0.1) is 0 Å². The summed E-state index contributed by atoms with van der Waals surface area (Å²) in [6.07, 6.45) is 2.99. The number of carbonyl (C=O) groups excluding carboxylic acids is 1. The molecule has 0 amide bonds. The number of esters is 1. The maximum absolute atomic E-state index is 11.9. The van der Waals surface area contributed by atoms with Crippen LogP contribution in [-0.4, -0.2) is 49.3 Å². The van der Waals surface area contributed by atoms with Crippen LogP contribution in [0.4, 0.5) is 0 Å². The van der Waals surface area contributed by atoms with Crippen LogP contribution in [0.15, 0.2) is 0 Å². The molecular weight excluding hydrogens is 194 g/mol. The zero-order valence-electron chi connectivity index (χ0n) is 9.49. The van der Waals surface area contributed by atoms with Gasteiger partial charge in [0.1, 0.15) is 5.54 Å². The molecule has 1 aliphatic carbocycles.